The minimum atomic E-state index is -0.259. The van der Waals surface area contributed by atoms with Crippen molar-refractivity contribution in [2.24, 2.45) is 0 Å². The zero-order valence-electron chi connectivity index (χ0n) is 13.5. The van der Waals surface area contributed by atoms with E-state index in [1.165, 1.54) is 11.3 Å². The van der Waals surface area contributed by atoms with E-state index in [4.69, 9.17) is 4.74 Å². The summed E-state index contributed by atoms with van der Waals surface area (Å²) in [6.45, 7) is 6.72. The maximum atomic E-state index is 12.2. The van der Waals surface area contributed by atoms with Gasteiger partial charge in [-0.15, -0.1) is 11.3 Å². The molecule has 6 nitrogen and oxygen atoms in total. The fraction of sp³-hybridized carbons (Fsp3) is 0.438. The van der Waals surface area contributed by atoms with Crippen LogP contribution >= 0.6 is 27.3 Å². The Bertz CT molecular complexity index is 714. The van der Waals surface area contributed by atoms with Gasteiger partial charge in [-0.3, -0.25) is 15.0 Å². The number of amides is 1. The number of carbonyl (C=O) groups is 1. The van der Waals surface area contributed by atoms with Gasteiger partial charge in [0.2, 0.25) is 0 Å². The Morgan fingerprint density at radius 1 is 1.38 bits per heavy atom. The molecule has 3 rings (SSSR count). The summed E-state index contributed by atoms with van der Waals surface area (Å²) in [6.07, 6.45) is 0.461. The van der Waals surface area contributed by atoms with Crippen LogP contribution in [0.15, 0.2) is 28.2 Å². The van der Waals surface area contributed by atoms with Crippen LogP contribution in [-0.4, -0.2) is 46.1 Å². The van der Waals surface area contributed by atoms with E-state index in [9.17, 15) is 4.79 Å². The molecule has 1 aliphatic rings. The topological polar surface area (TPSA) is 67.4 Å². The molecule has 0 bridgehead atoms. The molecule has 128 valence electrons. The number of anilines is 1. The number of ether oxygens (including phenoxy) is 1. The smallest absolute Gasteiger partial charge is 0.276 e. The quantitative estimate of drug-likeness (QED) is 0.783. The Morgan fingerprint density at radius 3 is 2.83 bits per heavy atom. The number of carbonyl (C=O) groups excluding carboxylic acids is 1. The molecule has 8 heteroatoms. The highest BCUT2D eigenvalue weighted by Crippen LogP contribution is 2.20. The average Bonchev–Trinajstić information content (AvgIpc) is 2.93. The van der Waals surface area contributed by atoms with E-state index in [1.807, 2.05) is 5.38 Å². The summed E-state index contributed by atoms with van der Waals surface area (Å²) in [5.41, 5.74) is 1.32. The Labute approximate surface area is 153 Å². The molecule has 0 saturated carbocycles. The summed E-state index contributed by atoms with van der Waals surface area (Å²) in [5, 5.41) is 5.37. The summed E-state index contributed by atoms with van der Waals surface area (Å²) in [4.78, 5) is 23.2. The van der Waals surface area contributed by atoms with Crippen LogP contribution in [0.1, 0.15) is 30.0 Å². The number of nitrogens with one attached hydrogen (secondary N) is 1. The van der Waals surface area contributed by atoms with E-state index in [2.05, 4.69) is 50.0 Å². The molecule has 2 aromatic heterocycles. The summed E-state index contributed by atoms with van der Waals surface area (Å²) in [5.74, 6) is -0.259. The van der Waals surface area contributed by atoms with Crippen LogP contribution in [-0.2, 0) is 11.3 Å². The molecule has 2 aromatic rings. The normalized spacial score (nSPS) is 21.6. The van der Waals surface area contributed by atoms with Gasteiger partial charge in [-0.25, -0.2) is 9.97 Å². The first-order valence-corrected chi connectivity index (χ1v) is 9.43. The van der Waals surface area contributed by atoms with Crippen molar-refractivity contribution in [3.05, 3.63) is 39.6 Å². The summed E-state index contributed by atoms with van der Waals surface area (Å²) in [7, 11) is 0. The lowest BCUT2D eigenvalue weighted by Crippen LogP contribution is -2.44. The number of halogens is 1. The number of thiazole rings is 1. The fourth-order valence-corrected chi connectivity index (χ4v) is 3.82. The monoisotopic (exact) mass is 410 g/mol. The molecule has 24 heavy (non-hydrogen) atoms. The first-order valence-electron chi connectivity index (χ1n) is 7.75. The minimum absolute atomic E-state index is 0.231. The number of aromatic nitrogens is 2. The number of nitrogens with zero attached hydrogens (tertiary/aromatic N) is 3. The second kappa shape index (κ2) is 7.69. The largest absolute Gasteiger partial charge is 0.373 e. The van der Waals surface area contributed by atoms with Gasteiger partial charge in [-0.1, -0.05) is 6.07 Å². The van der Waals surface area contributed by atoms with Gasteiger partial charge in [0.1, 0.15) is 10.3 Å². The maximum absolute atomic E-state index is 12.2. The van der Waals surface area contributed by atoms with Crippen molar-refractivity contribution >= 4 is 38.3 Å². The molecule has 1 saturated heterocycles. The number of morpholine rings is 1. The van der Waals surface area contributed by atoms with Crippen molar-refractivity contribution in [2.45, 2.75) is 32.6 Å². The second-order valence-corrected chi connectivity index (χ2v) is 7.57. The van der Waals surface area contributed by atoms with Crippen LogP contribution in [0, 0.1) is 0 Å². The number of rotatable bonds is 4. The molecule has 0 aromatic carbocycles. The molecule has 1 aliphatic heterocycles. The van der Waals surface area contributed by atoms with Gasteiger partial charge in [0.15, 0.2) is 5.13 Å². The average molecular weight is 411 g/mol. The first-order chi connectivity index (χ1) is 11.5. The Balaban J connectivity index is 1.60. The summed E-state index contributed by atoms with van der Waals surface area (Å²) >= 11 is 4.69. The van der Waals surface area contributed by atoms with E-state index >= 15 is 0 Å². The van der Waals surface area contributed by atoms with Crippen LogP contribution in [0.2, 0.25) is 0 Å². The molecule has 1 amide bonds. The van der Waals surface area contributed by atoms with E-state index in [0.29, 0.717) is 15.4 Å². The fourth-order valence-electron chi connectivity index (χ4n) is 2.78. The van der Waals surface area contributed by atoms with Crippen molar-refractivity contribution in [3.8, 4) is 0 Å². The standard InChI is InChI=1S/C16H19BrN4O2S/c1-10-6-21(7-11(2)23-10)8-12-9-24-16(18-12)20-15(22)13-4-3-5-14(17)19-13/h3-5,9-11H,6-8H2,1-2H3,(H,18,20,22). The van der Waals surface area contributed by atoms with Crippen molar-refractivity contribution in [1.29, 1.82) is 0 Å². The molecule has 0 radical (unpaired) electrons. The van der Waals surface area contributed by atoms with Crippen LogP contribution < -0.4 is 5.32 Å². The lowest BCUT2D eigenvalue weighted by molar-refractivity contribution is -0.0707. The lowest BCUT2D eigenvalue weighted by Gasteiger charge is -2.34. The zero-order chi connectivity index (χ0) is 17.1. The molecule has 0 aliphatic carbocycles. The molecule has 1 N–H and O–H groups in total. The molecular formula is C16H19BrN4O2S. The van der Waals surface area contributed by atoms with Crippen molar-refractivity contribution < 1.29 is 9.53 Å². The molecule has 2 atom stereocenters. The van der Waals surface area contributed by atoms with Crippen LogP contribution in [0.5, 0.6) is 0 Å². The first kappa shape index (κ1) is 17.5. The highest BCUT2D eigenvalue weighted by Gasteiger charge is 2.22. The van der Waals surface area contributed by atoms with Gasteiger partial charge in [0.25, 0.3) is 5.91 Å². The highest BCUT2D eigenvalue weighted by atomic mass is 79.9. The predicted octanol–water partition coefficient (Wildman–Crippen LogP) is 3.16. The van der Waals surface area contributed by atoms with Gasteiger partial charge < -0.3 is 4.74 Å². The van der Waals surface area contributed by atoms with Crippen LogP contribution in [0.25, 0.3) is 0 Å². The predicted molar refractivity (Wildman–Crippen MR) is 97.3 cm³/mol. The van der Waals surface area contributed by atoms with Crippen molar-refractivity contribution in [1.82, 2.24) is 14.9 Å². The van der Waals surface area contributed by atoms with Gasteiger partial charge >= 0.3 is 0 Å². The van der Waals surface area contributed by atoms with Gasteiger partial charge in [-0.2, -0.15) is 0 Å². The number of hydrogen-bond donors (Lipinski definition) is 1. The number of pyridine rings is 1. The van der Waals surface area contributed by atoms with Gasteiger partial charge in [0, 0.05) is 25.0 Å². The van der Waals surface area contributed by atoms with E-state index in [-0.39, 0.29) is 18.1 Å². The molecule has 1 fully saturated rings. The van der Waals surface area contributed by atoms with Crippen molar-refractivity contribution in [3.63, 3.8) is 0 Å². The summed E-state index contributed by atoms with van der Waals surface area (Å²) in [6, 6.07) is 5.23. The Hall–Kier alpha value is -1.35. The van der Waals surface area contributed by atoms with Crippen LogP contribution in [0.3, 0.4) is 0 Å². The van der Waals surface area contributed by atoms with Crippen molar-refractivity contribution in [2.75, 3.05) is 18.4 Å². The van der Waals surface area contributed by atoms with E-state index < -0.39 is 0 Å². The van der Waals surface area contributed by atoms with E-state index in [0.717, 1.165) is 25.3 Å². The number of hydrogen-bond acceptors (Lipinski definition) is 6. The van der Waals surface area contributed by atoms with Gasteiger partial charge in [-0.05, 0) is 41.9 Å². The third-order valence-electron chi connectivity index (χ3n) is 3.60. The maximum Gasteiger partial charge on any atom is 0.276 e. The third-order valence-corrected chi connectivity index (χ3v) is 4.85. The van der Waals surface area contributed by atoms with Crippen LogP contribution in [0.4, 0.5) is 5.13 Å². The Kier molecular flexibility index (Phi) is 5.60. The van der Waals surface area contributed by atoms with Gasteiger partial charge in [0.05, 0.1) is 17.9 Å². The molecule has 3 heterocycles. The summed E-state index contributed by atoms with van der Waals surface area (Å²) < 4.78 is 6.37. The second-order valence-electron chi connectivity index (χ2n) is 5.90. The zero-order valence-corrected chi connectivity index (χ0v) is 15.9. The molecule has 0 spiro atoms. The lowest BCUT2D eigenvalue weighted by atomic mass is 10.2. The van der Waals surface area contributed by atoms with E-state index in [1.54, 1.807) is 18.2 Å². The molecular weight excluding hydrogens is 392 g/mol. The SMILES string of the molecule is CC1CN(Cc2csc(NC(=O)c3cccc(Br)n3)n2)CC(C)O1. The highest BCUT2D eigenvalue weighted by molar-refractivity contribution is 9.10. The minimum Gasteiger partial charge on any atom is -0.373 e. The molecule has 2 unspecified atom stereocenters. The Morgan fingerprint density at radius 2 is 2.12 bits per heavy atom. The third kappa shape index (κ3) is 4.60.